The molecule has 4 heterocycles. The molecule has 1 radical (unpaired) electrons. The quantitative estimate of drug-likeness (QED) is 0.389. The molecule has 4 aromatic heterocycles. The molecule has 0 atom stereocenters. The van der Waals surface area contributed by atoms with E-state index < -0.39 is 0 Å². The Balaban J connectivity index is 1.44. The normalized spacial score (nSPS) is 14.0. The lowest BCUT2D eigenvalue weighted by molar-refractivity contribution is 0.300. The highest BCUT2D eigenvalue weighted by Gasteiger charge is 2.26. The fraction of sp³-hybridized carbons (Fsp3) is 0.280. The van der Waals surface area contributed by atoms with Crippen LogP contribution in [-0.2, 0) is 13.1 Å². The zero-order valence-electron chi connectivity index (χ0n) is 17.5. The van der Waals surface area contributed by atoms with Gasteiger partial charge in [0.05, 0.1) is 29.6 Å². The van der Waals surface area contributed by atoms with Crippen LogP contribution in [-0.4, -0.2) is 30.3 Å². The van der Waals surface area contributed by atoms with Crippen LogP contribution >= 0.6 is 0 Å². The van der Waals surface area contributed by atoms with Crippen LogP contribution in [0.1, 0.15) is 18.4 Å². The number of hydrogen-bond donors (Lipinski definition) is 0. The Morgan fingerprint density at radius 1 is 1.23 bits per heavy atom. The van der Waals surface area contributed by atoms with Crippen LogP contribution in [0.25, 0.3) is 27.8 Å². The van der Waals surface area contributed by atoms with E-state index in [0.29, 0.717) is 6.61 Å². The molecule has 0 spiro atoms. The summed E-state index contributed by atoms with van der Waals surface area (Å²) >= 11 is 0. The summed E-state index contributed by atoms with van der Waals surface area (Å²) in [7, 11) is 0. The van der Waals surface area contributed by atoms with Gasteiger partial charge in [-0.1, -0.05) is 18.2 Å². The second-order valence-corrected chi connectivity index (χ2v) is 8.36. The van der Waals surface area contributed by atoms with Crippen LogP contribution in [0.5, 0.6) is 5.75 Å². The van der Waals surface area contributed by atoms with E-state index in [1.54, 1.807) is 6.20 Å². The predicted molar refractivity (Wildman–Crippen MR) is 120 cm³/mol. The predicted octanol–water partition coefficient (Wildman–Crippen LogP) is 4.75. The van der Waals surface area contributed by atoms with Gasteiger partial charge in [-0.15, -0.1) is 0 Å². The second kappa shape index (κ2) is 7.30. The summed E-state index contributed by atoms with van der Waals surface area (Å²) in [4.78, 5) is 4.11. The lowest BCUT2D eigenvalue weighted by Crippen LogP contribution is -2.08. The Morgan fingerprint density at radius 2 is 2.16 bits per heavy atom. The molecular formula is C25H24N5O. The highest BCUT2D eigenvalue weighted by Crippen LogP contribution is 2.39. The van der Waals surface area contributed by atoms with E-state index in [9.17, 15) is 0 Å². The van der Waals surface area contributed by atoms with Crippen LogP contribution < -0.4 is 4.74 Å². The Bertz CT molecular complexity index is 1360. The number of benzene rings is 1. The fourth-order valence-electron chi connectivity index (χ4n) is 4.34. The summed E-state index contributed by atoms with van der Waals surface area (Å²) < 4.78 is 12.7. The van der Waals surface area contributed by atoms with Crippen LogP contribution in [0.4, 0.5) is 0 Å². The van der Waals surface area contributed by atoms with Crippen LogP contribution in [0, 0.1) is 18.9 Å². The van der Waals surface area contributed by atoms with Crippen molar-refractivity contribution in [1.82, 2.24) is 23.7 Å². The molecule has 6 nitrogen and oxygen atoms in total. The first-order valence-corrected chi connectivity index (χ1v) is 10.8. The number of rotatable bonds is 7. The van der Waals surface area contributed by atoms with E-state index in [2.05, 4.69) is 52.9 Å². The number of aryl methyl sites for hydroxylation is 1. The first-order chi connectivity index (χ1) is 15.3. The van der Waals surface area contributed by atoms with Gasteiger partial charge in [-0.05, 0) is 43.9 Å². The van der Waals surface area contributed by atoms with Crippen molar-refractivity contribution in [1.29, 1.82) is 0 Å². The van der Waals surface area contributed by atoms with Gasteiger partial charge in [-0.2, -0.15) is 5.10 Å². The summed E-state index contributed by atoms with van der Waals surface area (Å²) in [5.74, 6) is 1.67. The number of pyridine rings is 1. The van der Waals surface area contributed by atoms with Crippen LogP contribution in [0.15, 0.2) is 61.3 Å². The molecule has 6 rings (SSSR count). The van der Waals surface area contributed by atoms with Gasteiger partial charge in [0.15, 0.2) is 0 Å². The SMILES string of the molecule is Cc1c(-c2cc3cccc(OCCn4ccnc4)c3n2CC2CC2)nn2c[c]ccc12. The highest BCUT2D eigenvalue weighted by molar-refractivity contribution is 5.92. The third-order valence-electron chi connectivity index (χ3n) is 6.16. The van der Waals surface area contributed by atoms with E-state index in [1.807, 2.05) is 33.9 Å². The zero-order chi connectivity index (χ0) is 20.8. The Hall–Kier alpha value is -3.54. The van der Waals surface area contributed by atoms with Gasteiger partial charge < -0.3 is 13.9 Å². The first-order valence-electron chi connectivity index (χ1n) is 10.8. The maximum absolute atomic E-state index is 6.27. The van der Waals surface area contributed by atoms with Crippen molar-refractivity contribution in [2.24, 2.45) is 5.92 Å². The Kier molecular flexibility index (Phi) is 4.30. The Morgan fingerprint density at radius 3 is 2.97 bits per heavy atom. The van der Waals surface area contributed by atoms with Crippen LogP contribution in [0.2, 0.25) is 0 Å². The number of aromatic nitrogens is 5. The largest absolute Gasteiger partial charge is 0.490 e. The average molecular weight is 411 g/mol. The topological polar surface area (TPSA) is 49.3 Å². The number of imidazole rings is 1. The van der Waals surface area contributed by atoms with Gasteiger partial charge in [-0.25, -0.2) is 9.50 Å². The summed E-state index contributed by atoms with van der Waals surface area (Å²) in [5, 5.41) is 6.10. The van der Waals surface area contributed by atoms with Crippen molar-refractivity contribution < 1.29 is 4.74 Å². The molecule has 5 aromatic rings. The second-order valence-electron chi connectivity index (χ2n) is 8.36. The maximum atomic E-state index is 6.27. The molecule has 1 aliphatic carbocycles. The van der Waals surface area contributed by atoms with Gasteiger partial charge in [0.25, 0.3) is 0 Å². The summed E-state index contributed by atoms with van der Waals surface area (Å²) in [6.07, 6.45) is 10.1. The number of nitrogens with zero attached hydrogens (tertiary/aromatic N) is 5. The van der Waals surface area contributed by atoms with Gasteiger partial charge in [0.2, 0.25) is 0 Å². The maximum Gasteiger partial charge on any atom is 0.143 e. The van der Waals surface area contributed by atoms with E-state index in [-0.39, 0.29) is 0 Å². The summed E-state index contributed by atoms with van der Waals surface area (Å²) in [5.41, 5.74) is 5.66. The smallest absolute Gasteiger partial charge is 0.143 e. The molecule has 1 saturated carbocycles. The zero-order valence-corrected chi connectivity index (χ0v) is 17.5. The molecule has 1 aromatic carbocycles. The van der Waals surface area contributed by atoms with E-state index in [0.717, 1.165) is 47.2 Å². The Labute approximate surface area is 180 Å². The molecule has 155 valence electrons. The number of para-hydroxylation sites is 1. The lowest BCUT2D eigenvalue weighted by atomic mass is 10.1. The molecule has 31 heavy (non-hydrogen) atoms. The minimum Gasteiger partial charge on any atom is -0.490 e. The fourth-order valence-corrected chi connectivity index (χ4v) is 4.34. The van der Waals surface area contributed by atoms with Gasteiger partial charge >= 0.3 is 0 Å². The van der Waals surface area contributed by atoms with E-state index in [1.165, 1.54) is 23.8 Å². The first kappa shape index (κ1) is 18.2. The van der Waals surface area contributed by atoms with Gasteiger partial charge in [0.1, 0.15) is 18.1 Å². The van der Waals surface area contributed by atoms with E-state index >= 15 is 0 Å². The molecule has 0 N–H and O–H groups in total. The number of ether oxygens (including phenoxy) is 1. The molecule has 0 aliphatic heterocycles. The van der Waals surface area contributed by atoms with Gasteiger partial charge in [-0.3, -0.25) is 0 Å². The minimum absolute atomic E-state index is 0.600. The number of fused-ring (bicyclic) bond motifs is 2. The lowest BCUT2D eigenvalue weighted by Gasteiger charge is -2.13. The third-order valence-corrected chi connectivity index (χ3v) is 6.16. The van der Waals surface area contributed by atoms with Crippen LogP contribution in [0.3, 0.4) is 0 Å². The molecular weight excluding hydrogens is 386 g/mol. The van der Waals surface area contributed by atoms with Crippen molar-refractivity contribution in [2.45, 2.75) is 32.9 Å². The standard InChI is InChI=1S/C25H24N5O/c1-18-21-6-2-3-11-30(21)27-24(18)22-15-20-5-4-7-23(25(20)29(22)16-19-8-9-19)31-14-13-28-12-10-26-17-28/h2,4-7,10-12,15,17,19H,8-9,13-14,16H2,1H3. The third kappa shape index (κ3) is 3.28. The molecule has 0 bridgehead atoms. The summed E-state index contributed by atoms with van der Waals surface area (Å²) in [6, 6.07) is 15.7. The van der Waals surface area contributed by atoms with E-state index in [4.69, 9.17) is 9.84 Å². The average Bonchev–Trinajstić information content (AvgIpc) is 3.17. The molecule has 1 aliphatic rings. The van der Waals surface area contributed by atoms with Crippen molar-refractivity contribution in [3.8, 4) is 17.1 Å². The minimum atomic E-state index is 0.600. The molecule has 0 saturated heterocycles. The number of hydrogen-bond acceptors (Lipinski definition) is 3. The van der Waals surface area contributed by atoms with Crippen molar-refractivity contribution >= 4 is 16.4 Å². The monoisotopic (exact) mass is 410 g/mol. The van der Waals surface area contributed by atoms with Crippen molar-refractivity contribution in [3.05, 3.63) is 72.9 Å². The molecule has 1 fully saturated rings. The van der Waals surface area contributed by atoms with Crippen molar-refractivity contribution in [3.63, 3.8) is 0 Å². The molecule has 6 heteroatoms. The summed E-state index contributed by atoms with van der Waals surface area (Å²) in [6.45, 7) is 4.52. The van der Waals surface area contributed by atoms with Crippen molar-refractivity contribution in [2.75, 3.05) is 6.61 Å². The van der Waals surface area contributed by atoms with Gasteiger partial charge in [0, 0.05) is 42.2 Å². The molecule has 0 amide bonds. The highest BCUT2D eigenvalue weighted by atomic mass is 16.5. The molecule has 0 unspecified atom stereocenters.